The summed E-state index contributed by atoms with van der Waals surface area (Å²) >= 11 is 0. The molecule has 1 aliphatic heterocycles. The Bertz CT molecular complexity index is 278. The van der Waals surface area contributed by atoms with Gasteiger partial charge in [-0.25, -0.2) is 0 Å². The second-order valence-corrected chi connectivity index (χ2v) is 4.38. The molecule has 0 saturated carbocycles. The Morgan fingerprint density at radius 3 is 2.40 bits per heavy atom. The van der Waals surface area contributed by atoms with Crippen LogP contribution in [0.2, 0.25) is 0 Å². The Labute approximate surface area is 92.1 Å². The predicted octanol–water partition coefficient (Wildman–Crippen LogP) is 2.17. The molecule has 1 heterocycles. The van der Waals surface area contributed by atoms with Crippen molar-refractivity contribution in [2.24, 2.45) is 5.73 Å². The van der Waals surface area contributed by atoms with E-state index in [9.17, 15) is 0 Å². The number of nitrogens with two attached hydrogens (primary N) is 1. The zero-order valence-corrected chi connectivity index (χ0v) is 9.23. The number of piperidine rings is 1. The molecule has 0 radical (unpaired) electrons. The smallest absolute Gasteiger partial charge is 0.0424 e. The Kier molecular flexibility index (Phi) is 3.75. The minimum absolute atomic E-state index is 0.171. The van der Waals surface area contributed by atoms with Gasteiger partial charge in [0.25, 0.3) is 0 Å². The van der Waals surface area contributed by atoms with Crippen molar-refractivity contribution >= 4 is 0 Å². The summed E-state index contributed by atoms with van der Waals surface area (Å²) in [5.74, 6) is 0. The number of nitrogens with zero attached hydrogens (tertiary/aromatic N) is 1. The van der Waals surface area contributed by atoms with Crippen LogP contribution in [0.4, 0.5) is 0 Å². The number of hydrogen-bond acceptors (Lipinski definition) is 2. The number of rotatable bonds is 3. The van der Waals surface area contributed by atoms with Gasteiger partial charge in [0.15, 0.2) is 0 Å². The van der Waals surface area contributed by atoms with E-state index in [1.807, 2.05) is 6.07 Å². The van der Waals surface area contributed by atoms with Crippen LogP contribution in [-0.2, 0) is 0 Å². The van der Waals surface area contributed by atoms with Crippen LogP contribution in [-0.4, -0.2) is 24.5 Å². The monoisotopic (exact) mass is 204 g/mol. The van der Waals surface area contributed by atoms with Crippen molar-refractivity contribution in [2.45, 2.75) is 25.3 Å². The highest BCUT2D eigenvalue weighted by Crippen LogP contribution is 2.15. The minimum atomic E-state index is 0.171. The fourth-order valence-corrected chi connectivity index (χ4v) is 2.23. The van der Waals surface area contributed by atoms with E-state index in [2.05, 4.69) is 29.2 Å². The molecule has 0 bridgehead atoms. The lowest BCUT2D eigenvalue weighted by Crippen LogP contribution is -2.36. The predicted molar refractivity (Wildman–Crippen MR) is 63.7 cm³/mol. The lowest BCUT2D eigenvalue weighted by atomic mass is 10.1. The summed E-state index contributed by atoms with van der Waals surface area (Å²) in [6.07, 6.45) is 4.06. The Morgan fingerprint density at radius 2 is 1.73 bits per heavy atom. The topological polar surface area (TPSA) is 29.3 Å². The molecule has 0 aliphatic carbocycles. The van der Waals surface area contributed by atoms with E-state index >= 15 is 0 Å². The highest BCUT2D eigenvalue weighted by atomic mass is 15.1. The van der Waals surface area contributed by atoms with Crippen molar-refractivity contribution in [2.75, 3.05) is 19.6 Å². The van der Waals surface area contributed by atoms with E-state index < -0.39 is 0 Å². The zero-order valence-electron chi connectivity index (χ0n) is 9.23. The van der Waals surface area contributed by atoms with Crippen molar-refractivity contribution in [3.05, 3.63) is 35.9 Å². The maximum atomic E-state index is 6.18. The second kappa shape index (κ2) is 5.29. The molecule has 0 unspecified atom stereocenters. The lowest BCUT2D eigenvalue weighted by molar-refractivity contribution is 0.216. The molecule has 82 valence electrons. The first-order valence-electron chi connectivity index (χ1n) is 5.89. The Balaban J connectivity index is 1.88. The van der Waals surface area contributed by atoms with E-state index in [0.717, 1.165) is 6.54 Å². The van der Waals surface area contributed by atoms with Crippen LogP contribution in [0.25, 0.3) is 0 Å². The molecule has 2 rings (SSSR count). The number of benzene rings is 1. The molecule has 2 heteroatoms. The third-order valence-electron chi connectivity index (χ3n) is 3.13. The fraction of sp³-hybridized carbons (Fsp3) is 0.538. The molecular formula is C13H20N2. The van der Waals surface area contributed by atoms with Crippen LogP contribution in [0.5, 0.6) is 0 Å². The molecule has 0 amide bonds. The normalized spacial score (nSPS) is 20.1. The van der Waals surface area contributed by atoms with E-state index in [-0.39, 0.29) is 6.04 Å². The van der Waals surface area contributed by atoms with Gasteiger partial charge < -0.3 is 10.6 Å². The first-order valence-corrected chi connectivity index (χ1v) is 5.89. The molecule has 15 heavy (non-hydrogen) atoms. The second-order valence-electron chi connectivity index (χ2n) is 4.38. The Hall–Kier alpha value is -0.860. The number of likely N-dealkylation sites (tertiary alicyclic amines) is 1. The van der Waals surface area contributed by atoms with Gasteiger partial charge in [-0.2, -0.15) is 0 Å². The molecule has 0 spiro atoms. The summed E-state index contributed by atoms with van der Waals surface area (Å²) in [7, 11) is 0. The minimum Gasteiger partial charge on any atom is -0.323 e. The highest BCUT2D eigenvalue weighted by molar-refractivity contribution is 5.18. The van der Waals surface area contributed by atoms with E-state index in [1.165, 1.54) is 37.9 Å². The van der Waals surface area contributed by atoms with Gasteiger partial charge in [0.2, 0.25) is 0 Å². The van der Waals surface area contributed by atoms with Gasteiger partial charge in [-0.3, -0.25) is 0 Å². The van der Waals surface area contributed by atoms with Crippen LogP contribution >= 0.6 is 0 Å². The van der Waals surface area contributed by atoms with Crippen molar-refractivity contribution in [3.8, 4) is 0 Å². The molecule has 2 nitrogen and oxygen atoms in total. The third kappa shape index (κ3) is 3.05. The lowest BCUT2D eigenvalue weighted by Gasteiger charge is -2.29. The van der Waals surface area contributed by atoms with Crippen molar-refractivity contribution < 1.29 is 0 Å². The van der Waals surface area contributed by atoms with Gasteiger partial charge >= 0.3 is 0 Å². The van der Waals surface area contributed by atoms with Gasteiger partial charge in [0.1, 0.15) is 0 Å². The SMILES string of the molecule is N[C@@H](CN1CCCCC1)c1ccccc1. The van der Waals surface area contributed by atoms with E-state index in [4.69, 9.17) is 5.73 Å². The van der Waals surface area contributed by atoms with Crippen LogP contribution in [0.15, 0.2) is 30.3 Å². The molecule has 1 aromatic carbocycles. The van der Waals surface area contributed by atoms with Crippen molar-refractivity contribution in [1.82, 2.24) is 4.90 Å². The molecule has 2 N–H and O–H groups in total. The summed E-state index contributed by atoms with van der Waals surface area (Å²) in [4.78, 5) is 2.49. The summed E-state index contributed by atoms with van der Waals surface area (Å²) in [6.45, 7) is 3.45. The molecule has 1 aromatic rings. The summed E-state index contributed by atoms with van der Waals surface area (Å²) < 4.78 is 0. The molecule has 1 atom stereocenters. The van der Waals surface area contributed by atoms with Crippen LogP contribution in [0, 0.1) is 0 Å². The van der Waals surface area contributed by atoms with Gasteiger partial charge in [0, 0.05) is 12.6 Å². The molecular weight excluding hydrogens is 184 g/mol. The maximum absolute atomic E-state index is 6.18. The first kappa shape index (κ1) is 10.7. The van der Waals surface area contributed by atoms with Gasteiger partial charge in [0.05, 0.1) is 0 Å². The average Bonchev–Trinajstić information content (AvgIpc) is 2.31. The number of hydrogen-bond donors (Lipinski definition) is 1. The van der Waals surface area contributed by atoms with Crippen molar-refractivity contribution in [3.63, 3.8) is 0 Å². The molecule has 1 fully saturated rings. The first-order chi connectivity index (χ1) is 7.36. The maximum Gasteiger partial charge on any atom is 0.0424 e. The van der Waals surface area contributed by atoms with E-state index in [0.29, 0.717) is 0 Å². The summed E-state index contributed by atoms with van der Waals surface area (Å²) in [5.41, 5.74) is 7.44. The molecule has 0 aromatic heterocycles. The summed E-state index contributed by atoms with van der Waals surface area (Å²) in [5, 5.41) is 0. The Morgan fingerprint density at radius 1 is 1.07 bits per heavy atom. The molecule has 1 aliphatic rings. The van der Waals surface area contributed by atoms with Gasteiger partial charge in [-0.05, 0) is 31.5 Å². The van der Waals surface area contributed by atoms with E-state index in [1.54, 1.807) is 0 Å². The van der Waals surface area contributed by atoms with Crippen LogP contribution < -0.4 is 5.73 Å². The highest BCUT2D eigenvalue weighted by Gasteiger charge is 2.14. The van der Waals surface area contributed by atoms with Crippen molar-refractivity contribution in [1.29, 1.82) is 0 Å². The quantitative estimate of drug-likeness (QED) is 0.817. The largest absolute Gasteiger partial charge is 0.323 e. The average molecular weight is 204 g/mol. The fourth-order valence-electron chi connectivity index (χ4n) is 2.23. The zero-order chi connectivity index (χ0) is 10.5. The summed E-state index contributed by atoms with van der Waals surface area (Å²) in [6, 6.07) is 10.6. The van der Waals surface area contributed by atoms with Crippen LogP contribution in [0.1, 0.15) is 30.9 Å². The standard InChI is InChI=1S/C13H20N2/c14-13(12-7-3-1-4-8-12)11-15-9-5-2-6-10-15/h1,3-4,7-8,13H,2,5-6,9-11,14H2/t13-/m0/s1. The van der Waals surface area contributed by atoms with Gasteiger partial charge in [-0.1, -0.05) is 36.8 Å². The van der Waals surface area contributed by atoms with Gasteiger partial charge in [-0.15, -0.1) is 0 Å². The van der Waals surface area contributed by atoms with Crippen LogP contribution in [0.3, 0.4) is 0 Å². The third-order valence-corrected chi connectivity index (χ3v) is 3.13. The molecule has 1 saturated heterocycles.